The number of nitrogens with one attached hydrogen (secondary N) is 1. The molecule has 3 aromatic carbocycles. The predicted molar refractivity (Wildman–Crippen MR) is 157 cm³/mol. The van der Waals surface area contributed by atoms with Crippen LogP contribution in [0.1, 0.15) is 33.6 Å². The van der Waals surface area contributed by atoms with E-state index in [2.05, 4.69) is 10.2 Å². The molecule has 0 aliphatic carbocycles. The van der Waals surface area contributed by atoms with Crippen molar-refractivity contribution in [2.24, 2.45) is 5.73 Å². The maximum absolute atomic E-state index is 12.9. The van der Waals surface area contributed by atoms with Crippen LogP contribution in [0.2, 0.25) is 5.02 Å². The van der Waals surface area contributed by atoms with Crippen LogP contribution in [-0.4, -0.2) is 69.3 Å². The molecule has 3 aromatic rings. The summed E-state index contributed by atoms with van der Waals surface area (Å²) in [6.07, 6.45) is 1.42. The van der Waals surface area contributed by atoms with Crippen molar-refractivity contribution >= 4 is 29.1 Å². The molecule has 2 atom stereocenters. The fourth-order valence-corrected chi connectivity index (χ4v) is 4.52. The number of piperidine rings is 1. The molecule has 0 radical (unpaired) electrons. The van der Waals surface area contributed by atoms with Gasteiger partial charge < -0.3 is 35.9 Å². The molecule has 2 amide bonds. The second-order valence-corrected chi connectivity index (χ2v) is 9.81. The van der Waals surface area contributed by atoms with Crippen molar-refractivity contribution in [2.45, 2.75) is 25.0 Å². The molecular weight excluding hydrogens is 551 g/mol. The lowest BCUT2D eigenvalue weighted by Crippen LogP contribution is -2.55. The van der Waals surface area contributed by atoms with Gasteiger partial charge in [0.1, 0.15) is 17.3 Å². The number of benzene rings is 3. The van der Waals surface area contributed by atoms with Crippen LogP contribution in [0, 0.1) is 5.82 Å². The number of primary amides is 1. The zero-order chi connectivity index (χ0) is 29.8. The molecule has 11 heteroatoms. The van der Waals surface area contributed by atoms with Gasteiger partial charge in [0, 0.05) is 38.4 Å². The van der Waals surface area contributed by atoms with E-state index in [0.717, 1.165) is 25.9 Å². The van der Waals surface area contributed by atoms with Gasteiger partial charge in [-0.25, -0.2) is 4.39 Å². The first-order chi connectivity index (χ1) is 19.7. The Morgan fingerprint density at radius 3 is 2.41 bits per heavy atom. The fourth-order valence-electron chi connectivity index (χ4n) is 4.36. The van der Waals surface area contributed by atoms with Crippen LogP contribution in [0.15, 0.2) is 66.7 Å². The second kappa shape index (κ2) is 15.8. The highest BCUT2D eigenvalue weighted by molar-refractivity contribution is 6.33. The Morgan fingerprint density at radius 1 is 1.10 bits per heavy atom. The Balaban J connectivity index is 0.000000436. The molecule has 1 heterocycles. The standard InChI is InChI=1S/C23H29ClFN3O4.C7H7NO/c1-30-21-13-19(26)18(24)12-17(21)23(29)27-20-8-10-28(14-22(20)31-2)9-3-11-32-16-6-4-15(25)5-7-16;8-7(9)6-4-2-1-3-5-6/h4-7,12-13,20,22H,3,8-11,14,26H2,1-2H3,(H,27,29);1-5H,(H2,8,9). The van der Waals surface area contributed by atoms with Gasteiger partial charge in [-0.05, 0) is 55.3 Å². The van der Waals surface area contributed by atoms with Crippen LogP contribution >= 0.6 is 11.6 Å². The summed E-state index contributed by atoms with van der Waals surface area (Å²) in [5.41, 5.74) is 12.0. The molecule has 1 aliphatic heterocycles. The lowest BCUT2D eigenvalue weighted by Gasteiger charge is -2.38. The van der Waals surface area contributed by atoms with Crippen molar-refractivity contribution in [3.63, 3.8) is 0 Å². The van der Waals surface area contributed by atoms with Crippen LogP contribution in [-0.2, 0) is 4.74 Å². The molecular formula is C30H36ClFN4O5. The Morgan fingerprint density at radius 2 is 1.80 bits per heavy atom. The first-order valence-corrected chi connectivity index (χ1v) is 13.5. The van der Waals surface area contributed by atoms with Gasteiger partial charge in [-0.1, -0.05) is 29.8 Å². The number of hydrogen-bond acceptors (Lipinski definition) is 7. The molecule has 41 heavy (non-hydrogen) atoms. The summed E-state index contributed by atoms with van der Waals surface area (Å²) < 4.78 is 29.5. The molecule has 0 bridgehead atoms. The largest absolute Gasteiger partial charge is 0.496 e. The maximum atomic E-state index is 12.9. The van der Waals surface area contributed by atoms with E-state index >= 15 is 0 Å². The topological polar surface area (TPSA) is 129 Å². The lowest BCUT2D eigenvalue weighted by atomic mass is 10.0. The summed E-state index contributed by atoms with van der Waals surface area (Å²) in [5.74, 6) is 0.0844. The summed E-state index contributed by atoms with van der Waals surface area (Å²) >= 11 is 6.09. The Labute approximate surface area is 244 Å². The molecule has 1 aliphatic rings. The third kappa shape index (κ3) is 9.63. The molecule has 9 nitrogen and oxygen atoms in total. The number of hydrogen-bond donors (Lipinski definition) is 3. The second-order valence-electron chi connectivity index (χ2n) is 9.40. The van der Waals surface area contributed by atoms with E-state index in [1.54, 1.807) is 49.6 Å². The number of methoxy groups -OCH3 is 2. The minimum Gasteiger partial charge on any atom is -0.496 e. The van der Waals surface area contributed by atoms with Crippen molar-refractivity contribution in [1.29, 1.82) is 0 Å². The zero-order valence-corrected chi connectivity index (χ0v) is 23.9. The van der Waals surface area contributed by atoms with Crippen LogP contribution in [0.4, 0.5) is 10.1 Å². The molecule has 0 spiro atoms. The van der Waals surface area contributed by atoms with Gasteiger partial charge in [0.2, 0.25) is 5.91 Å². The molecule has 4 rings (SSSR count). The smallest absolute Gasteiger partial charge is 0.255 e. The number of nitrogens with two attached hydrogens (primary N) is 2. The average Bonchev–Trinajstić information content (AvgIpc) is 2.98. The normalized spacial score (nSPS) is 16.7. The van der Waals surface area contributed by atoms with Crippen LogP contribution < -0.4 is 26.3 Å². The van der Waals surface area contributed by atoms with Crippen molar-refractivity contribution < 1.29 is 28.2 Å². The van der Waals surface area contributed by atoms with E-state index in [-0.39, 0.29) is 29.8 Å². The molecule has 5 N–H and O–H groups in total. The molecule has 2 unspecified atom stereocenters. The van der Waals surface area contributed by atoms with E-state index < -0.39 is 0 Å². The van der Waals surface area contributed by atoms with E-state index in [0.29, 0.717) is 46.5 Å². The molecule has 0 aromatic heterocycles. The van der Waals surface area contributed by atoms with Crippen LogP contribution in [0.5, 0.6) is 11.5 Å². The number of rotatable bonds is 10. The van der Waals surface area contributed by atoms with Gasteiger partial charge in [-0.3, -0.25) is 9.59 Å². The number of carbonyl (C=O) groups excluding carboxylic acids is 2. The Kier molecular flexibility index (Phi) is 12.2. The lowest BCUT2D eigenvalue weighted by molar-refractivity contribution is 0.00527. The highest BCUT2D eigenvalue weighted by atomic mass is 35.5. The zero-order valence-electron chi connectivity index (χ0n) is 23.1. The summed E-state index contributed by atoms with van der Waals surface area (Å²) in [6, 6.07) is 17.7. The molecule has 1 saturated heterocycles. The summed E-state index contributed by atoms with van der Waals surface area (Å²) in [5, 5.41) is 3.35. The number of amides is 2. The first kappa shape index (κ1) is 31.7. The number of likely N-dealkylation sites (tertiary alicyclic amines) is 1. The number of ether oxygens (including phenoxy) is 3. The van der Waals surface area contributed by atoms with E-state index in [9.17, 15) is 14.0 Å². The SMILES string of the molecule is COc1cc(N)c(Cl)cc1C(=O)NC1CCN(CCCOc2ccc(F)cc2)CC1OC.NC(=O)c1ccccc1. The van der Waals surface area contributed by atoms with E-state index in [1.807, 2.05) is 6.07 Å². The molecule has 0 saturated carbocycles. The minimum absolute atomic E-state index is 0.139. The van der Waals surface area contributed by atoms with Crippen molar-refractivity contribution in [3.05, 3.63) is 88.7 Å². The van der Waals surface area contributed by atoms with Gasteiger partial charge in [0.25, 0.3) is 5.91 Å². The number of nitrogen functional groups attached to an aromatic ring is 1. The monoisotopic (exact) mass is 586 g/mol. The molecule has 220 valence electrons. The average molecular weight is 587 g/mol. The Hall–Kier alpha value is -3.86. The van der Waals surface area contributed by atoms with Gasteiger partial charge in [0.15, 0.2) is 0 Å². The number of anilines is 1. The fraction of sp³-hybridized carbons (Fsp3) is 0.333. The van der Waals surface area contributed by atoms with Gasteiger partial charge in [0.05, 0.1) is 42.1 Å². The quantitative estimate of drug-likeness (QED) is 0.240. The summed E-state index contributed by atoms with van der Waals surface area (Å²) in [4.78, 5) is 25.6. The van der Waals surface area contributed by atoms with Crippen LogP contribution in [0.25, 0.3) is 0 Å². The predicted octanol–water partition coefficient (Wildman–Crippen LogP) is 4.14. The van der Waals surface area contributed by atoms with E-state index in [1.165, 1.54) is 25.3 Å². The van der Waals surface area contributed by atoms with E-state index in [4.69, 9.17) is 37.3 Å². The highest BCUT2D eigenvalue weighted by Gasteiger charge is 2.31. The maximum Gasteiger partial charge on any atom is 0.255 e. The number of halogens is 2. The van der Waals surface area contributed by atoms with Crippen LogP contribution in [0.3, 0.4) is 0 Å². The summed E-state index contributed by atoms with van der Waals surface area (Å²) in [6.45, 7) is 2.89. The third-order valence-corrected chi connectivity index (χ3v) is 6.91. The number of carbonyl (C=O) groups is 2. The third-order valence-electron chi connectivity index (χ3n) is 6.59. The van der Waals surface area contributed by atoms with Gasteiger partial charge >= 0.3 is 0 Å². The first-order valence-electron chi connectivity index (χ1n) is 13.1. The minimum atomic E-state index is -0.379. The van der Waals surface area contributed by atoms with Gasteiger partial charge in [-0.15, -0.1) is 0 Å². The summed E-state index contributed by atoms with van der Waals surface area (Å²) in [7, 11) is 3.13. The van der Waals surface area contributed by atoms with Crippen molar-refractivity contribution in [2.75, 3.05) is 46.2 Å². The highest BCUT2D eigenvalue weighted by Crippen LogP contribution is 2.29. The number of nitrogens with zero attached hydrogens (tertiary/aromatic N) is 1. The molecule has 1 fully saturated rings. The van der Waals surface area contributed by atoms with Gasteiger partial charge in [-0.2, -0.15) is 0 Å². The Bertz CT molecular complexity index is 1280. The van der Waals surface area contributed by atoms with Crippen molar-refractivity contribution in [1.82, 2.24) is 10.2 Å². The van der Waals surface area contributed by atoms with Crippen molar-refractivity contribution in [3.8, 4) is 11.5 Å².